The molecule has 0 bridgehead atoms. The molecule has 8 nitrogen and oxygen atoms in total. The standard InChI is InChI=1S/C18H24F3N5O3S/c1-11(2)30(27,28)23-9-12-3-6-14(7-4-12)24-17-25-16(26-29-17)13-5-8-15(22-10-13)18(19,20)21/h5,8,10-12,14,23H,3-4,6-7,9H2,1-2H3,(H,24,25,26). The summed E-state index contributed by atoms with van der Waals surface area (Å²) in [7, 11) is -3.26. The fourth-order valence-corrected chi connectivity index (χ4v) is 3.98. The summed E-state index contributed by atoms with van der Waals surface area (Å²) in [4.78, 5) is 7.56. The molecule has 1 aliphatic rings. The molecule has 2 aromatic rings. The van der Waals surface area contributed by atoms with Gasteiger partial charge in [0.25, 0.3) is 0 Å². The highest BCUT2D eigenvalue weighted by Crippen LogP contribution is 2.29. The van der Waals surface area contributed by atoms with E-state index in [9.17, 15) is 21.6 Å². The van der Waals surface area contributed by atoms with Gasteiger partial charge < -0.3 is 9.84 Å². The number of hydrogen-bond donors (Lipinski definition) is 2. The summed E-state index contributed by atoms with van der Waals surface area (Å²) in [5.74, 6) is 0.420. The first-order valence-electron chi connectivity index (χ1n) is 9.67. The van der Waals surface area contributed by atoms with Crippen molar-refractivity contribution in [3.8, 4) is 11.4 Å². The molecular formula is C18H24F3N5O3S. The second kappa shape index (κ2) is 8.88. The third kappa shape index (κ3) is 5.69. The SMILES string of the molecule is CC(C)S(=O)(=O)NCC1CCC(Nc2nc(-c3ccc(C(F)(F)F)nc3)no2)CC1. The van der Waals surface area contributed by atoms with E-state index < -0.39 is 27.1 Å². The number of nitrogens with zero attached hydrogens (tertiary/aromatic N) is 3. The first-order valence-corrected chi connectivity index (χ1v) is 11.2. The highest BCUT2D eigenvalue weighted by Gasteiger charge is 2.32. The van der Waals surface area contributed by atoms with Crippen LogP contribution in [-0.2, 0) is 16.2 Å². The molecule has 0 atom stereocenters. The summed E-state index contributed by atoms with van der Waals surface area (Å²) in [5.41, 5.74) is -0.665. The summed E-state index contributed by atoms with van der Waals surface area (Å²) in [6.07, 6.45) is -0.123. The number of aromatic nitrogens is 3. The molecule has 30 heavy (non-hydrogen) atoms. The van der Waals surface area contributed by atoms with E-state index in [4.69, 9.17) is 4.52 Å². The van der Waals surface area contributed by atoms with Gasteiger partial charge in [-0.3, -0.25) is 4.98 Å². The van der Waals surface area contributed by atoms with Crippen LogP contribution < -0.4 is 10.0 Å². The Kier molecular flexibility index (Phi) is 6.65. The van der Waals surface area contributed by atoms with Gasteiger partial charge in [-0.25, -0.2) is 13.1 Å². The van der Waals surface area contributed by atoms with E-state index >= 15 is 0 Å². The van der Waals surface area contributed by atoms with Crippen LogP contribution in [0, 0.1) is 5.92 Å². The average Bonchev–Trinajstić information content (AvgIpc) is 3.15. The molecule has 0 aromatic carbocycles. The lowest BCUT2D eigenvalue weighted by molar-refractivity contribution is -0.141. The number of anilines is 1. The number of alkyl halides is 3. The maximum Gasteiger partial charge on any atom is 0.433 e. The third-order valence-corrected chi connectivity index (χ3v) is 6.92. The maximum absolute atomic E-state index is 12.6. The van der Waals surface area contributed by atoms with Gasteiger partial charge in [0.1, 0.15) is 5.69 Å². The Morgan fingerprint density at radius 3 is 2.47 bits per heavy atom. The zero-order valence-corrected chi connectivity index (χ0v) is 17.4. The van der Waals surface area contributed by atoms with Crippen molar-refractivity contribution in [1.29, 1.82) is 0 Å². The topological polar surface area (TPSA) is 110 Å². The minimum absolute atomic E-state index is 0.0991. The van der Waals surface area contributed by atoms with Crippen LogP contribution in [0.25, 0.3) is 11.4 Å². The highest BCUT2D eigenvalue weighted by atomic mass is 32.2. The smallest absolute Gasteiger partial charge is 0.335 e. The van der Waals surface area contributed by atoms with Crippen LogP contribution in [0.15, 0.2) is 22.9 Å². The summed E-state index contributed by atoms with van der Waals surface area (Å²) in [6.45, 7) is 3.71. The van der Waals surface area contributed by atoms with E-state index in [-0.39, 0.29) is 23.8 Å². The Hall–Kier alpha value is -2.21. The van der Waals surface area contributed by atoms with Gasteiger partial charge in [0.15, 0.2) is 0 Å². The van der Waals surface area contributed by atoms with Gasteiger partial charge in [0, 0.05) is 24.3 Å². The van der Waals surface area contributed by atoms with Crippen LogP contribution >= 0.6 is 0 Å². The van der Waals surface area contributed by atoms with Crippen molar-refractivity contribution in [3.63, 3.8) is 0 Å². The van der Waals surface area contributed by atoms with Gasteiger partial charge in [0.2, 0.25) is 15.8 Å². The Balaban J connectivity index is 1.50. The predicted molar refractivity (Wildman–Crippen MR) is 104 cm³/mol. The van der Waals surface area contributed by atoms with Crippen LogP contribution in [0.3, 0.4) is 0 Å². The molecule has 0 unspecified atom stereocenters. The van der Waals surface area contributed by atoms with Crippen molar-refractivity contribution in [3.05, 3.63) is 24.0 Å². The van der Waals surface area contributed by atoms with Crippen LogP contribution in [-0.4, -0.2) is 41.4 Å². The molecule has 3 rings (SSSR count). The van der Waals surface area contributed by atoms with E-state index in [1.807, 2.05) is 0 Å². The zero-order valence-electron chi connectivity index (χ0n) is 16.6. The largest absolute Gasteiger partial charge is 0.433 e. The molecular weight excluding hydrogens is 423 g/mol. The summed E-state index contributed by atoms with van der Waals surface area (Å²) in [6, 6.07) is 2.40. The Morgan fingerprint density at radius 2 is 1.90 bits per heavy atom. The average molecular weight is 447 g/mol. The molecule has 0 spiro atoms. The predicted octanol–water partition coefficient (Wildman–Crippen LogP) is 3.45. The highest BCUT2D eigenvalue weighted by molar-refractivity contribution is 7.90. The molecule has 166 valence electrons. The van der Waals surface area contributed by atoms with E-state index in [0.29, 0.717) is 12.1 Å². The first kappa shape index (κ1) is 22.5. The molecule has 0 saturated heterocycles. The lowest BCUT2D eigenvalue weighted by Crippen LogP contribution is -2.37. The first-order chi connectivity index (χ1) is 14.0. The van der Waals surface area contributed by atoms with Gasteiger partial charge >= 0.3 is 12.2 Å². The van der Waals surface area contributed by atoms with Crippen LogP contribution in [0.2, 0.25) is 0 Å². The Bertz CT molecular complexity index is 937. The molecule has 0 amide bonds. The number of pyridine rings is 1. The monoisotopic (exact) mass is 447 g/mol. The molecule has 12 heteroatoms. The summed E-state index contributed by atoms with van der Waals surface area (Å²) >= 11 is 0. The number of nitrogens with one attached hydrogen (secondary N) is 2. The van der Waals surface area contributed by atoms with Crippen LogP contribution in [0.5, 0.6) is 0 Å². The molecule has 0 radical (unpaired) electrons. The van der Waals surface area contributed by atoms with Crippen molar-refractivity contribution < 1.29 is 26.1 Å². The van der Waals surface area contributed by atoms with E-state index in [2.05, 4.69) is 25.2 Å². The minimum Gasteiger partial charge on any atom is -0.335 e. The number of sulfonamides is 1. The van der Waals surface area contributed by atoms with Gasteiger partial charge in [-0.2, -0.15) is 18.2 Å². The zero-order chi connectivity index (χ0) is 21.9. The van der Waals surface area contributed by atoms with Crippen LogP contribution in [0.4, 0.5) is 19.2 Å². The number of halogens is 3. The van der Waals surface area contributed by atoms with Gasteiger partial charge in [-0.05, 0) is 57.6 Å². The van der Waals surface area contributed by atoms with E-state index in [1.54, 1.807) is 13.8 Å². The molecule has 1 fully saturated rings. The van der Waals surface area contributed by atoms with Crippen molar-refractivity contribution in [2.45, 2.75) is 57.0 Å². The van der Waals surface area contributed by atoms with Crippen molar-refractivity contribution in [2.75, 3.05) is 11.9 Å². The Labute approximate surface area is 172 Å². The second-order valence-electron chi connectivity index (χ2n) is 7.66. The third-order valence-electron chi connectivity index (χ3n) is 5.11. The molecule has 2 heterocycles. The number of hydrogen-bond acceptors (Lipinski definition) is 7. The van der Waals surface area contributed by atoms with E-state index in [1.165, 1.54) is 6.07 Å². The van der Waals surface area contributed by atoms with E-state index in [0.717, 1.165) is 37.9 Å². The van der Waals surface area contributed by atoms with Crippen molar-refractivity contribution in [1.82, 2.24) is 19.8 Å². The summed E-state index contributed by atoms with van der Waals surface area (Å²) in [5, 5.41) is 6.47. The summed E-state index contributed by atoms with van der Waals surface area (Å²) < 4.78 is 69.3. The van der Waals surface area contributed by atoms with Gasteiger partial charge in [-0.1, -0.05) is 5.16 Å². The molecule has 1 aliphatic carbocycles. The number of rotatable bonds is 7. The van der Waals surface area contributed by atoms with Gasteiger partial charge in [-0.15, -0.1) is 0 Å². The lowest BCUT2D eigenvalue weighted by atomic mass is 9.86. The minimum atomic E-state index is -4.50. The molecule has 1 saturated carbocycles. The molecule has 0 aliphatic heterocycles. The quantitative estimate of drug-likeness (QED) is 0.669. The normalized spacial score (nSPS) is 20.5. The molecule has 2 N–H and O–H groups in total. The van der Waals surface area contributed by atoms with Crippen molar-refractivity contribution in [2.24, 2.45) is 5.92 Å². The molecule has 2 aromatic heterocycles. The van der Waals surface area contributed by atoms with Crippen molar-refractivity contribution >= 4 is 16.0 Å². The lowest BCUT2D eigenvalue weighted by Gasteiger charge is -2.28. The van der Waals surface area contributed by atoms with Gasteiger partial charge in [0.05, 0.1) is 5.25 Å². The fraction of sp³-hybridized carbons (Fsp3) is 0.611. The fourth-order valence-electron chi connectivity index (χ4n) is 3.18. The Morgan fingerprint density at radius 1 is 1.20 bits per heavy atom. The second-order valence-corrected chi connectivity index (χ2v) is 9.98. The maximum atomic E-state index is 12.6. The van der Waals surface area contributed by atoms with Crippen LogP contribution in [0.1, 0.15) is 45.2 Å².